The molecule has 0 amide bonds. The SMILES string of the molecule is Nc1ccc(COCCC2CC2)c(C(F)(F)F)c1. The Labute approximate surface area is 104 Å². The minimum atomic E-state index is -4.38. The van der Waals surface area contributed by atoms with E-state index in [1.165, 1.54) is 25.0 Å². The van der Waals surface area contributed by atoms with Crippen LogP contribution in [-0.4, -0.2) is 6.61 Å². The maximum absolute atomic E-state index is 12.8. The first-order chi connectivity index (χ1) is 8.47. The van der Waals surface area contributed by atoms with Gasteiger partial charge in [-0.15, -0.1) is 0 Å². The number of alkyl halides is 3. The predicted molar refractivity (Wildman–Crippen MR) is 62.9 cm³/mol. The number of halogens is 3. The summed E-state index contributed by atoms with van der Waals surface area (Å²) in [6.45, 7) is 0.508. The zero-order valence-corrected chi connectivity index (χ0v) is 9.96. The van der Waals surface area contributed by atoms with Crippen molar-refractivity contribution in [1.29, 1.82) is 0 Å². The van der Waals surface area contributed by atoms with Crippen LogP contribution < -0.4 is 5.73 Å². The van der Waals surface area contributed by atoms with E-state index in [0.29, 0.717) is 6.61 Å². The highest BCUT2D eigenvalue weighted by Gasteiger charge is 2.33. The number of benzene rings is 1. The van der Waals surface area contributed by atoms with Crippen molar-refractivity contribution in [2.24, 2.45) is 5.92 Å². The largest absolute Gasteiger partial charge is 0.416 e. The van der Waals surface area contributed by atoms with Gasteiger partial charge in [-0.05, 0) is 30.0 Å². The Hall–Kier alpha value is -1.23. The van der Waals surface area contributed by atoms with Crippen molar-refractivity contribution in [2.45, 2.75) is 32.0 Å². The van der Waals surface area contributed by atoms with Crippen molar-refractivity contribution in [3.63, 3.8) is 0 Å². The quantitative estimate of drug-likeness (QED) is 0.647. The average Bonchev–Trinajstić information content (AvgIpc) is 3.08. The minimum Gasteiger partial charge on any atom is -0.399 e. The lowest BCUT2D eigenvalue weighted by atomic mass is 10.1. The van der Waals surface area contributed by atoms with Crippen LogP contribution in [0.15, 0.2) is 18.2 Å². The van der Waals surface area contributed by atoms with Gasteiger partial charge in [0.25, 0.3) is 0 Å². The lowest BCUT2D eigenvalue weighted by Crippen LogP contribution is -2.11. The second-order valence-corrected chi connectivity index (χ2v) is 4.70. The van der Waals surface area contributed by atoms with Gasteiger partial charge in [0.15, 0.2) is 0 Å². The topological polar surface area (TPSA) is 35.2 Å². The molecular formula is C13H16F3NO. The standard InChI is InChI=1S/C13H16F3NO/c14-13(15,16)12-7-11(17)4-3-10(12)8-18-6-5-9-1-2-9/h3-4,7,9H,1-2,5-6,8,17H2. The lowest BCUT2D eigenvalue weighted by molar-refractivity contribution is -0.138. The second kappa shape index (κ2) is 5.18. The molecule has 5 heteroatoms. The molecule has 1 aliphatic rings. The number of ether oxygens (including phenoxy) is 1. The molecule has 1 fully saturated rings. The molecule has 2 N–H and O–H groups in total. The van der Waals surface area contributed by atoms with E-state index in [2.05, 4.69) is 0 Å². The van der Waals surface area contributed by atoms with Crippen LogP contribution in [0.4, 0.5) is 18.9 Å². The summed E-state index contributed by atoms with van der Waals surface area (Å²) >= 11 is 0. The average molecular weight is 259 g/mol. The van der Waals surface area contributed by atoms with Gasteiger partial charge < -0.3 is 10.5 Å². The van der Waals surface area contributed by atoms with Gasteiger partial charge in [0, 0.05) is 12.3 Å². The molecule has 0 aromatic heterocycles. The molecule has 0 saturated heterocycles. The number of rotatable bonds is 5. The third-order valence-electron chi connectivity index (χ3n) is 3.06. The van der Waals surface area contributed by atoms with Crippen LogP contribution >= 0.6 is 0 Å². The molecule has 1 saturated carbocycles. The summed E-state index contributed by atoms with van der Waals surface area (Å²) in [6, 6.07) is 3.81. The molecule has 0 heterocycles. The zero-order valence-electron chi connectivity index (χ0n) is 9.96. The Morgan fingerprint density at radius 3 is 2.61 bits per heavy atom. The first-order valence-electron chi connectivity index (χ1n) is 6.00. The normalized spacial score (nSPS) is 15.9. The van der Waals surface area contributed by atoms with Crippen molar-refractivity contribution in [3.05, 3.63) is 29.3 Å². The summed E-state index contributed by atoms with van der Waals surface area (Å²) < 4.78 is 43.6. The van der Waals surface area contributed by atoms with Gasteiger partial charge in [-0.1, -0.05) is 18.9 Å². The molecule has 18 heavy (non-hydrogen) atoms. The number of nitrogens with two attached hydrogens (primary N) is 1. The summed E-state index contributed by atoms with van der Waals surface area (Å²) in [7, 11) is 0. The van der Waals surface area contributed by atoms with E-state index in [4.69, 9.17) is 10.5 Å². The van der Waals surface area contributed by atoms with Gasteiger partial charge in [0.2, 0.25) is 0 Å². The molecule has 0 atom stereocenters. The summed E-state index contributed by atoms with van der Waals surface area (Å²) in [5.74, 6) is 0.721. The summed E-state index contributed by atoms with van der Waals surface area (Å²) in [6.07, 6.45) is -1.00. The molecule has 0 bridgehead atoms. The first-order valence-corrected chi connectivity index (χ1v) is 6.00. The molecule has 0 unspecified atom stereocenters. The van der Waals surface area contributed by atoms with Crippen molar-refractivity contribution in [1.82, 2.24) is 0 Å². The molecule has 2 rings (SSSR count). The van der Waals surface area contributed by atoms with Gasteiger partial charge >= 0.3 is 6.18 Å². The van der Waals surface area contributed by atoms with E-state index >= 15 is 0 Å². The first kappa shape index (κ1) is 13.2. The fourth-order valence-electron chi connectivity index (χ4n) is 1.82. The van der Waals surface area contributed by atoms with Gasteiger partial charge in [-0.2, -0.15) is 13.2 Å². The fourth-order valence-corrected chi connectivity index (χ4v) is 1.82. The molecular weight excluding hydrogens is 243 g/mol. The maximum atomic E-state index is 12.8. The summed E-state index contributed by atoms with van der Waals surface area (Å²) in [5.41, 5.74) is 4.95. The lowest BCUT2D eigenvalue weighted by Gasteiger charge is -2.13. The fraction of sp³-hybridized carbons (Fsp3) is 0.538. The minimum absolute atomic E-state index is 0.0121. The van der Waals surface area contributed by atoms with E-state index in [1.807, 2.05) is 0 Å². The van der Waals surface area contributed by atoms with Gasteiger partial charge in [-0.3, -0.25) is 0 Å². The van der Waals surface area contributed by atoms with Crippen molar-refractivity contribution in [3.8, 4) is 0 Å². The monoisotopic (exact) mass is 259 g/mol. The number of nitrogen functional groups attached to an aromatic ring is 1. The highest BCUT2D eigenvalue weighted by atomic mass is 19.4. The Morgan fingerprint density at radius 2 is 2.00 bits per heavy atom. The van der Waals surface area contributed by atoms with Crippen LogP contribution in [0.5, 0.6) is 0 Å². The molecule has 1 aromatic rings. The van der Waals surface area contributed by atoms with E-state index < -0.39 is 11.7 Å². The van der Waals surface area contributed by atoms with Crippen LogP contribution in [0.2, 0.25) is 0 Å². The van der Waals surface area contributed by atoms with E-state index in [1.54, 1.807) is 0 Å². The third kappa shape index (κ3) is 3.63. The number of anilines is 1. The third-order valence-corrected chi connectivity index (χ3v) is 3.06. The van der Waals surface area contributed by atoms with Gasteiger partial charge in [-0.25, -0.2) is 0 Å². The molecule has 100 valence electrons. The predicted octanol–water partition coefficient (Wildman–Crippen LogP) is 3.60. The number of hydrogen-bond acceptors (Lipinski definition) is 2. The van der Waals surface area contributed by atoms with Gasteiger partial charge in [0.1, 0.15) is 0 Å². The summed E-state index contributed by atoms with van der Waals surface area (Å²) in [4.78, 5) is 0. The Bertz CT molecular complexity index is 413. The molecule has 0 aliphatic heterocycles. The molecule has 1 aliphatic carbocycles. The highest BCUT2D eigenvalue weighted by Crippen LogP contribution is 2.34. The molecule has 2 nitrogen and oxygen atoms in total. The Balaban J connectivity index is 1.97. The van der Waals surface area contributed by atoms with Crippen molar-refractivity contribution < 1.29 is 17.9 Å². The van der Waals surface area contributed by atoms with Gasteiger partial charge in [0.05, 0.1) is 12.2 Å². The maximum Gasteiger partial charge on any atom is 0.416 e. The molecule has 1 aromatic carbocycles. The van der Waals surface area contributed by atoms with Crippen LogP contribution in [0.1, 0.15) is 30.4 Å². The van der Waals surface area contributed by atoms with Crippen molar-refractivity contribution in [2.75, 3.05) is 12.3 Å². The van der Waals surface area contributed by atoms with Crippen LogP contribution in [0.25, 0.3) is 0 Å². The Morgan fingerprint density at radius 1 is 1.28 bits per heavy atom. The smallest absolute Gasteiger partial charge is 0.399 e. The molecule has 0 radical (unpaired) electrons. The number of hydrogen-bond donors (Lipinski definition) is 1. The van der Waals surface area contributed by atoms with E-state index in [0.717, 1.165) is 18.4 Å². The molecule has 0 spiro atoms. The Kier molecular flexibility index (Phi) is 3.80. The second-order valence-electron chi connectivity index (χ2n) is 4.70. The van der Waals surface area contributed by atoms with Crippen molar-refractivity contribution >= 4 is 5.69 Å². The van der Waals surface area contributed by atoms with Crippen LogP contribution in [0, 0.1) is 5.92 Å². The van der Waals surface area contributed by atoms with E-state index in [-0.39, 0.29) is 17.9 Å². The highest BCUT2D eigenvalue weighted by molar-refractivity contribution is 5.45. The zero-order chi connectivity index (χ0) is 13.2. The van der Waals surface area contributed by atoms with E-state index in [9.17, 15) is 13.2 Å². The van der Waals surface area contributed by atoms with Crippen LogP contribution in [0.3, 0.4) is 0 Å². The summed E-state index contributed by atoms with van der Waals surface area (Å²) in [5, 5.41) is 0. The van der Waals surface area contributed by atoms with Crippen LogP contribution in [-0.2, 0) is 17.5 Å².